The summed E-state index contributed by atoms with van der Waals surface area (Å²) in [6.45, 7) is 1.59. The Hall–Kier alpha value is -1.59. The van der Waals surface area contributed by atoms with Crippen LogP contribution < -0.4 is 5.73 Å². The largest absolute Gasteiger partial charge is 0.399 e. The van der Waals surface area contributed by atoms with Crippen LogP contribution in [0.2, 0.25) is 5.02 Å². The van der Waals surface area contributed by atoms with Crippen LogP contribution in [-0.2, 0) is 11.2 Å². The van der Waals surface area contributed by atoms with Gasteiger partial charge in [-0.15, -0.1) is 0 Å². The summed E-state index contributed by atoms with van der Waals surface area (Å²) in [5.74, 6) is 1.63. The number of hydrogen-bond donors (Lipinski definition) is 1. The monoisotopic (exact) mass is 279 g/mol. The summed E-state index contributed by atoms with van der Waals surface area (Å²) in [5, 5.41) is 4.54. The highest BCUT2D eigenvalue weighted by Gasteiger charge is 2.19. The lowest BCUT2D eigenvalue weighted by Gasteiger charge is -2.01. The molecule has 1 fully saturated rings. The lowest BCUT2D eigenvalue weighted by Crippen LogP contribution is -2.04. The van der Waals surface area contributed by atoms with Crippen molar-refractivity contribution < 1.29 is 9.26 Å². The third-order valence-corrected chi connectivity index (χ3v) is 3.35. The van der Waals surface area contributed by atoms with Crippen molar-refractivity contribution in [1.82, 2.24) is 10.1 Å². The maximum absolute atomic E-state index is 5.96. The first-order chi connectivity index (χ1) is 9.20. The minimum Gasteiger partial charge on any atom is -0.399 e. The number of anilines is 1. The summed E-state index contributed by atoms with van der Waals surface area (Å²) < 4.78 is 10.6. The molecular formula is C13H14ClN3O2. The molecule has 19 heavy (non-hydrogen) atoms. The number of halogens is 1. The third-order valence-electron chi connectivity index (χ3n) is 3.13. The molecule has 2 aromatic rings. The van der Waals surface area contributed by atoms with Gasteiger partial charge in [-0.2, -0.15) is 4.98 Å². The summed E-state index contributed by atoms with van der Waals surface area (Å²) in [7, 11) is 0. The summed E-state index contributed by atoms with van der Waals surface area (Å²) in [5.41, 5.74) is 7.06. The van der Waals surface area contributed by atoms with E-state index in [1.165, 1.54) is 0 Å². The molecule has 2 heterocycles. The summed E-state index contributed by atoms with van der Waals surface area (Å²) >= 11 is 5.96. The fourth-order valence-electron chi connectivity index (χ4n) is 2.19. The molecule has 1 saturated heterocycles. The molecule has 0 spiro atoms. The van der Waals surface area contributed by atoms with Crippen LogP contribution in [0.25, 0.3) is 11.5 Å². The minimum atomic E-state index is 0.447. The van der Waals surface area contributed by atoms with Gasteiger partial charge in [0, 0.05) is 35.9 Å². The normalized spacial score (nSPS) is 18.9. The lowest BCUT2D eigenvalue weighted by molar-refractivity contribution is 0.185. The molecule has 2 N–H and O–H groups in total. The van der Waals surface area contributed by atoms with Gasteiger partial charge in [-0.1, -0.05) is 16.8 Å². The van der Waals surface area contributed by atoms with Crippen molar-refractivity contribution in [2.45, 2.75) is 12.8 Å². The Morgan fingerprint density at radius 2 is 2.26 bits per heavy atom. The molecule has 1 unspecified atom stereocenters. The number of rotatable bonds is 3. The van der Waals surface area contributed by atoms with Crippen molar-refractivity contribution in [2.24, 2.45) is 5.92 Å². The van der Waals surface area contributed by atoms with Crippen molar-refractivity contribution in [3.63, 3.8) is 0 Å². The molecular weight excluding hydrogens is 266 g/mol. The first-order valence-electron chi connectivity index (χ1n) is 6.17. The van der Waals surface area contributed by atoms with Crippen molar-refractivity contribution in [2.75, 3.05) is 18.9 Å². The number of nitrogens with zero attached hydrogens (tertiary/aromatic N) is 2. The molecule has 100 valence electrons. The van der Waals surface area contributed by atoms with Crippen molar-refractivity contribution in [3.05, 3.63) is 29.0 Å². The highest BCUT2D eigenvalue weighted by molar-refractivity contribution is 6.31. The van der Waals surface area contributed by atoms with Gasteiger partial charge in [0.2, 0.25) is 0 Å². The molecule has 0 aliphatic carbocycles. The molecule has 1 aromatic heterocycles. The molecule has 1 aliphatic heterocycles. The van der Waals surface area contributed by atoms with E-state index in [1.807, 2.05) is 0 Å². The molecule has 0 bridgehead atoms. The second kappa shape index (κ2) is 5.19. The van der Waals surface area contributed by atoms with Crippen LogP contribution in [0.4, 0.5) is 5.69 Å². The molecule has 1 aliphatic rings. The smallest absolute Gasteiger partial charge is 0.258 e. The number of ether oxygens (including phenoxy) is 1. The SMILES string of the molecule is Nc1cc(Cl)cc(-c2nc(CC3CCOC3)no2)c1. The average molecular weight is 280 g/mol. The average Bonchev–Trinajstić information content (AvgIpc) is 2.99. The maximum atomic E-state index is 5.96. The lowest BCUT2D eigenvalue weighted by atomic mass is 10.1. The summed E-state index contributed by atoms with van der Waals surface area (Å²) in [6.07, 6.45) is 1.83. The Morgan fingerprint density at radius 3 is 3.00 bits per heavy atom. The van der Waals surface area contributed by atoms with Gasteiger partial charge < -0.3 is 15.0 Å². The molecule has 1 aromatic carbocycles. The number of aromatic nitrogens is 2. The number of nitrogen functional groups attached to an aromatic ring is 1. The predicted molar refractivity (Wildman–Crippen MR) is 71.8 cm³/mol. The zero-order chi connectivity index (χ0) is 13.2. The van der Waals surface area contributed by atoms with Crippen molar-refractivity contribution >= 4 is 17.3 Å². The standard InChI is InChI=1S/C13H14ClN3O2/c14-10-4-9(5-11(15)6-10)13-16-12(17-19-13)3-8-1-2-18-7-8/h4-6,8H,1-3,7,15H2. The van der Waals surface area contributed by atoms with Crippen molar-refractivity contribution in [3.8, 4) is 11.5 Å². The molecule has 5 nitrogen and oxygen atoms in total. The van der Waals surface area contributed by atoms with Gasteiger partial charge in [-0.3, -0.25) is 0 Å². The minimum absolute atomic E-state index is 0.447. The maximum Gasteiger partial charge on any atom is 0.258 e. The van der Waals surface area contributed by atoms with E-state index in [9.17, 15) is 0 Å². The van der Waals surface area contributed by atoms with Crippen LogP contribution in [0.5, 0.6) is 0 Å². The van der Waals surface area contributed by atoms with Crippen LogP contribution in [0.3, 0.4) is 0 Å². The molecule has 0 radical (unpaired) electrons. The van der Waals surface area contributed by atoms with Crippen molar-refractivity contribution in [1.29, 1.82) is 0 Å². The van der Waals surface area contributed by atoms with E-state index >= 15 is 0 Å². The predicted octanol–water partition coefficient (Wildman–Crippen LogP) is 2.55. The zero-order valence-electron chi connectivity index (χ0n) is 10.3. The Bertz CT molecular complexity index is 559. The second-order valence-corrected chi connectivity index (χ2v) is 5.16. The Labute approximate surface area is 115 Å². The topological polar surface area (TPSA) is 74.2 Å². The van der Waals surface area contributed by atoms with E-state index in [1.54, 1.807) is 18.2 Å². The van der Waals surface area contributed by atoms with Gasteiger partial charge >= 0.3 is 0 Å². The summed E-state index contributed by atoms with van der Waals surface area (Å²) in [6, 6.07) is 5.20. The molecule has 0 saturated carbocycles. The van der Waals surface area contributed by atoms with Crippen LogP contribution >= 0.6 is 11.6 Å². The van der Waals surface area contributed by atoms with E-state index in [0.29, 0.717) is 28.3 Å². The van der Waals surface area contributed by atoms with E-state index in [2.05, 4.69) is 10.1 Å². The van der Waals surface area contributed by atoms with E-state index in [0.717, 1.165) is 31.6 Å². The Kier molecular flexibility index (Phi) is 3.40. The number of nitrogens with two attached hydrogens (primary N) is 1. The third kappa shape index (κ3) is 2.88. The fourth-order valence-corrected chi connectivity index (χ4v) is 2.44. The van der Waals surface area contributed by atoms with Crippen LogP contribution in [0.15, 0.2) is 22.7 Å². The van der Waals surface area contributed by atoms with Gasteiger partial charge in [0.05, 0.1) is 0 Å². The van der Waals surface area contributed by atoms with Gasteiger partial charge in [-0.05, 0) is 30.5 Å². The molecule has 3 rings (SSSR count). The van der Waals surface area contributed by atoms with E-state index < -0.39 is 0 Å². The Morgan fingerprint density at radius 1 is 1.37 bits per heavy atom. The first kappa shape index (κ1) is 12.4. The summed E-state index contributed by atoms with van der Waals surface area (Å²) in [4.78, 5) is 4.38. The highest BCUT2D eigenvalue weighted by Crippen LogP contribution is 2.25. The van der Waals surface area contributed by atoms with Gasteiger partial charge in [0.1, 0.15) is 0 Å². The Balaban J connectivity index is 1.79. The van der Waals surface area contributed by atoms with Crippen LogP contribution in [0, 0.1) is 5.92 Å². The highest BCUT2D eigenvalue weighted by atomic mass is 35.5. The van der Waals surface area contributed by atoms with Crippen LogP contribution in [0.1, 0.15) is 12.2 Å². The van der Waals surface area contributed by atoms with Gasteiger partial charge in [-0.25, -0.2) is 0 Å². The quantitative estimate of drug-likeness (QED) is 0.874. The van der Waals surface area contributed by atoms with Gasteiger partial charge in [0.25, 0.3) is 5.89 Å². The van der Waals surface area contributed by atoms with E-state index in [4.69, 9.17) is 26.6 Å². The number of benzene rings is 1. The van der Waals surface area contributed by atoms with Crippen LogP contribution in [-0.4, -0.2) is 23.4 Å². The van der Waals surface area contributed by atoms with E-state index in [-0.39, 0.29) is 0 Å². The zero-order valence-corrected chi connectivity index (χ0v) is 11.1. The molecule has 1 atom stereocenters. The second-order valence-electron chi connectivity index (χ2n) is 4.72. The number of hydrogen-bond acceptors (Lipinski definition) is 5. The fraction of sp³-hybridized carbons (Fsp3) is 0.385. The molecule has 0 amide bonds. The first-order valence-corrected chi connectivity index (χ1v) is 6.55. The van der Waals surface area contributed by atoms with Gasteiger partial charge in [0.15, 0.2) is 5.82 Å². The molecule has 6 heteroatoms.